The Kier molecular flexibility index (Phi) is 5.00. The van der Waals surface area contributed by atoms with Crippen molar-refractivity contribution in [2.45, 2.75) is 12.5 Å². The number of imidazole rings is 1. The van der Waals surface area contributed by atoms with Gasteiger partial charge in [0.15, 0.2) is 0 Å². The maximum absolute atomic E-state index is 12.4. The van der Waals surface area contributed by atoms with Crippen LogP contribution in [0.3, 0.4) is 0 Å². The fraction of sp³-hybridized carbons (Fsp3) is 0.235. The van der Waals surface area contributed by atoms with Gasteiger partial charge in [-0.1, -0.05) is 12.1 Å². The van der Waals surface area contributed by atoms with Crippen LogP contribution in [0.2, 0.25) is 0 Å². The summed E-state index contributed by atoms with van der Waals surface area (Å²) >= 11 is 1.72. The number of rotatable bonds is 6. The van der Waals surface area contributed by atoms with Crippen LogP contribution in [0.15, 0.2) is 47.4 Å². The van der Waals surface area contributed by atoms with E-state index in [2.05, 4.69) is 20.3 Å². The molecule has 3 rings (SSSR count). The smallest absolute Gasteiger partial charge is 0.253 e. The molecule has 0 saturated heterocycles. The van der Waals surface area contributed by atoms with E-state index in [1.807, 2.05) is 30.5 Å². The second-order valence-electron chi connectivity index (χ2n) is 5.39. The van der Waals surface area contributed by atoms with Gasteiger partial charge >= 0.3 is 0 Å². The molecular formula is C17H18N4O2S. The Labute approximate surface area is 143 Å². The highest BCUT2D eigenvalue weighted by Gasteiger charge is 2.19. The summed E-state index contributed by atoms with van der Waals surface area (Å²) in [6, 6.07) is 10.4. The van der Waals surface area contributed by atoms with E-state index in [1.54, 1.807) is 11.8 Å². The van der Waals surface area contributed by atoms with Crippen molar-refractivity contribution >= 4 is 28.7 Å². The molecule has 0 aliphatic carbocycles. The summed E-state index contributed by atoms with van der Waals surface area (Å²) in [4.78, 5) is 33.9. The van der Waals surface area contributed by atoms with E-state index in [1.165, 1.54) is 18.3 Å². The number of nitrogens with one attached hydrogen (secondary N) is 3. The number of aromatic amines is 2. The number of benzene rings is 1. The summed E-state index contributed by atoms with van der Waals surface area (Å²) in [5.74, 6) is 1.40. The van der Waals surface area contributed by atoms with Gasteiger partial charge in [-0.25, -0.2) is 4.98 Å². The predicted molar refractivity (Wildman–Crippen MR) is 96.4 cm³/mol. The molecular weight excluding hydrogens is 324 g/mol. The number of carbonyl (C=O) groups is 1. The van der Waals surface area contributed by atoms with Crippen molar-refractivity contribution < 1.29 is 4.79 Å². The summed E-state index contributed by atoms with van der Waals surface area (Å²) < 4.78 is 0. The van der Waals surface area contributed by atoms with E-state index in [9.17, 15) is 9.59 Å². The van der Waals surface area contributed by atoms with Crippen molar-refractivity contribution in [2.75, 3.05) is 12.0 Å². The number of aromatic nitrogens is 3. The maximum atomic E-state index is 12.4. The van der Waals surface area contributed by atoms with E-state index in [0.717, 1.165) is 29.0 Å². The molecule has 6 nitrogen and oxygen atoms in total. The topological polar surface area (TPSA) is 90.6 Å². The van der Waals surface area contributed by atoms with Crippen LogP contribution in [0.4, 0.5) is 0 Å². The van der Waals surface area contributed by atoms with Crippen LogP contribution in [-0.2, 0) is 0 Å². The monoisotopic (exact) mass is 342 g/mol. The summed E-state index contributed by atoms with van der Waals surface area (Å²) in [5.41, 5.74) is 2.00. The Morgan fingerprint density at radius 1 is 1.29 bits per heavy atom. The fourth-order valence-electron chi connectivity index (χ4n) is 2.44. The zero-order valence-electron chi connectivity index (χ0n) is 13.2. The summed E-state index contributed by atoms with van der Waals surface area (Å²) in [7, 11) is 0. The molecule has 1 amide bonds. The average molecular weight is 342 g/mol. The molecule has 3 aromatic rings. The number of pyridine rings is 1. The van der Waals surface area contributed by atoms with Gasteiger partial charge in [0.25, 0.3) is 5.91 Å². The van der Waals surface area contributed by atoms with Crippen LogP contribution >= 0.6 is 11.8 Å². The van der Waals surface area contributed by atoms with Crippen LogP contribution in [0.5, 0.6) is 0 Å². The summed E-state index contributed by atoms with van der Waals surface area (Å²) in [5, 5.41) is 3.00. The van der Waals surface area contributed by atoms with Crippen molar-refractivity contribution in [3.63, 3.8) is 0 Å². The lowest BCUT2D eigenvalue weighted by molar-refractivity contribution is 0.0934. The van der Waals surface area contributed by atoms with Gasteiger partial charge in [0.2, 0.25) is 5.56 Å². The van der Waals surface area contributed by atoms with Crippen molar-refractivity contribution in [3.05, 3.63) is 64.3 Å². The third-order valence-electron chi connectivity index (χ3n) is 3.70. The first-order valence-corrected chi connectivity index (χ1v) is 9.00. The first-order chi connectivity index (χ1) is 11.7. The number of hydrogen-bond donors (Lipinski definition) is 3. The van der Waals surface area contributed by atoms with Gasteiger partial charge in [0.05, 0.1) is 22.6 Å². The third kappa shape index (κ3) is 3.68. The van der Waals surface area contributed by atoms with Gasteiger partial charge in [-0.05, 0) is 36.6 Å². The zero-order chi connectivity index (χ0) is 16.9. The van der Waals surface area contributed by atoms with Gasteiger partial charge in [0.1, 0.15) is 5.82 Å². The summed E-state index contributed by atoms with van der Waals surface area (Å²) in [6.45, 7) is 0. The highest BCUT2D eigenvalue weighted by Crippen LogP contribution is 2.20. The Morgan fingerprint density at radius 2 is 2.12 bits per heavy atom. The number of para-hydroxylation sites is 2. The Morgan fingerprint density at radius 3 is 2.83 bits per heavy atom. The van der Waals surface area contributed by atoms with Crippen LogP contribution in [0.1, 0.15) is 28.6 Å². The van der Waals surface area contributed by atoms with Crippen LogP contribution in [-0.4, -0.2) is 32.9 Å². The molecule has 2 heterocycles. The van der Waals surface area contributed by atoms with E-state index in [0.29, 0.717) is 5.56 Å². The van der Waals surface area contributed by atoms with Crippen molar-refractivity contribution in [3.8, 4) is 0 Å². The molecule has 1 atom stereocenters. The first-order valence-electron chi connectivity index (χ1n) is 7.60. The van der Waals surface area contributed by atoms with Gasteiger partial charge in [-0.15, -0.1) is 0 Å². The molecule has 3 N–H and O–H groups in total. The van der Waals surface area contributed by atoms with Crippen molar-refractivity contribution in [1.29, 1.82) is 0 Å². The lowest BCUT2D eigenvalue weighted by Crippen LogP contribution is -2.30. The quantitative estimate of drug-likeness (QED) is 0.642. The van der Waals surface area contributed by atoms with Gasteiger partial charge in [0, 0.05) is 12.3 Å². The molecule has 0 radical (unpaired) electrons. The number of nitrogens with zero attached hydrogens (tertiary/aromatic N) is 1. The summed E-state index contributed by atoms with van der Waals surface area (Å²) in [6.07, 6.45) is 4.21. The lowest BCUT2D eigenvalue weighted by Gasteiger charge is -2.16. The molecule has 7 heteroatoms. The minimum atomic E-state index is -0.238. The Bertz CT molecular complexity index is 849. The fourth-order valence-corrected chi connectivity index (χ4v) is 2.92. The lowest BCUT2D eigenvalue weighted by atomic mass is 10.2. The minimum Gasteiger partial charge on any atom is -0.342 e. The second-order valence-corrected chi connectivity index (χ2v) is 6.37. The molecule has 2 aromatic heterocycles. The van der Waals surface area contributed by atoms with Crippen LogP contribution in [0.25, 0.3) is 11.0 Å². The SMILES string of the molecule is CSCC[C@@H](NC(=O)c1ccc(=O)[nH]c1)c1nc2ccccc2[nH]1. The Hall–Kier alpha value is -2.54. The molecule has 0 saturated carbocycles. The van der Waals surface area contributed by atoms with E-state index in [4.69, 9.17) is 0 Å². The van der Waals surface area contributed by atoms with Gasteiger partial charge in [-0.3, -0.25) is 9.59 Å². The average Bonchev–Trinajstić information content (AvgIpc) is 3.03. The van der Waals surface area contributed by atoms with Crippen LogP contribution in [0, 0.1) is 0 Å². The molecule has 1 aromatic carbocycles. The molecule has 0 fully saturated rings. The highest BCUT2D eigenvalue weighted by atomic mass is 32.2. The van der Waals surface area contributed by atoms with Crippen molar-refractivity contribution in [1.82, 2.24) is 20.3 Å². The normalized spacial score (nSPS) is 12.2. The number of H-pyrrole nitrogens is 2. The van der Waals surface area contributed by atoms with E-state index >= 15 is 0 Å². The first kappa shape index (κ1) is 16.3. The minimum absolute atomic E-state index is 0.218. The number of amides is 1. The molecule has 24 heavy (non-hydrogen) atoms. The molecule has 0 aliphatic heterocycles. The van der Waals surface area contributed by atoms with Crippen molar-refractivity contribution in [2.24, 2.45) is 0 Å². The number of fused-ring (bicyclic) bond motifs is 1. The Balaban J connectivity index is 1.84. The maximum Gasteiger partial charge on any atom is 0.253 e. The molecule has 0 aliphatic rings. The number of thioether (sulfide) groups is 1. The molecule has 0 bridgehead atoms. The number of hydrogen-bond acceptors (Lipinski definition) is 4. The van der Waals surface area contributed by atoms with E-state index in [-0.39, 0.29) is 17.5 Å². The van der Waals surface area contributed by atoms with Gasteiger partial charge < -0.3 is 15.3 Å². The predicted octanol–water partition coefficient (Wildman–Crippen LogP) is 2.48. The largest absolute Gasteiger partial charge is 0.342 e. The third-order valence-corrected chi connectivity index (χ3v) is 4.34. The van der Waals surface area contributed by atoms with Gasteiger partial charge in [-0.2, -0.15) is 11.8 Å². The molecule has 0 spiro atoms. The molecule has 124 valence electrons. The zero-order valence-corrected chi connectivity index (χ0v) is 14.0. The molecule has 0 unspecified atom stereocenters. The highest BCUT2D eigenvalue weighted by molar-refractivity contribution is 7.98. The van der Waals surface area contributed by atoms with Crippen LogP contribution < -0.4 is 10.9 Å². The van der Waals surface area contributed by atoms with E-state index < -0.39 is 0 Å². The standard InChI is InChI=1S/C17H18N4O2S/c1-24-9-8-14(16-19-12-4-2-3-5-13(12)20-16)21-17(23)11-6-7-15(22)18-10-11/h2-7,10,14H,8-9H2,1H3,(H,18,22)(H,19,20)(H,21,23)/t14-/m1/s1. The number of carbonyl (C=O) groups excluding carboxylic acids is 1. The second kappa shape index (κ2) is 7.35.